The summed E-state index contributed by atoms with van der Waals surface area (Å²) in [7, 11) is 4.86. The Bertz CT molecular complexity index is 940. The van der Waals surface area contributed by atoms with Gasteiger partial charge in [-0.3, -0.25) is 9.59 Å². The summed E-state index contributed by atoms with van der Waals surface area (Å²) < 4.78 is 10.8. The van der Waals surface area contributed by atoms with E-state index in [1.807, 2.05) is 48.5 Å². The highest BCUT2D eigenvalue weighted by molar-refractivity contribution is 6.03. The smallest absolute Gasteiger partial charge is 0.262 e. The Morgan fingerprint density at radius 3 is 2.43 bits per heavy atom. The maximum absolute atomic E-state index is 13.1. The standard InChI is InChI=1S/C23H27N3O4/c1-5-22(27)25(2)15-23(28)26-20(18-8-6-7-9-21(18)30-4)14-19(24-26)16-10-12-17(29-3)13-11-16/h6-13,20H,5,14-15H2,1-4H3/t20-/m0/s1. The first-order valence-electron chi connectivity index (χ1n) is 9.89. The largest absolute Gasteiger partial charge is 0.497 e. The molecule has 1 aliphatic heterocycles. The molecule has 1 heterocycles. The highest BCUT2D eigenvalue weighted by atomic mass is 16.5. The van der Waals surface area contributed by atoms with Gasteiger partial charge in [0.25, 0.3) is 5.91 Å². The topological polar surface area (TPSA) is 71.4 Å². The van der Waals surface area contributed by atoms with Crippen LogP contribution in [0.25, 0.3) is 0 Å². The average Bonchev–Trinajstić information content (AvgIpc) is 3.23. The second-order valence-corrected chi connectivity index (χ2v) is 7.08. The van der Waals surface area contributed by atoms with E-state index >= 15 is 0 Å². The minimum Gasteiger partial charge on any atom is -0.497 e. The molecule has 0 saturated heterocycles. The number of para-hydroxylation sites is 1. The molecule has 3 rings (SSSR count). The number of hydrogen-bond donors (Lipinski definition) is 0. The monoisotopic (exact) mass is 409 g/mol. The maximum Gasteiger partial charge on any atom is 0.262 e. The summed E-state index contributed by atoms with van der Waals surface area (Å²) >= 11 is 0. The maximum atomic E-state index is 13.1. The first-order valence-corrected chi connectivity index (χ1v) is 9.89. The number of hydrazone groups is 1. The van der Waals surface area contributed by atoms with E-state index < -0.39 is 0 Å². The molecule has 0 aromatic heterocycles. The van der Waals surface area contributed by atoms with Gasteiger partial charge in [0, 0.05) is 25.5 Å². The predicted molar refractivity (Wildman–Crippen MR) is 115 cm³/mol. The lowest BCUT2D eigenvalue weighted by atomic mass is 9.97. The molecule has 7 nitrogen and oxygen atoms in total. The van der Waals surface area contributed by atoms with Crippen LogP contribution in [0.4, 0.5) is 0 Å². The SMILES string of the molecule is CCC(=O)N(C)CC(=O)N1N=C(c2ccc(OC)cc2)C[C@H]1c1ccccc1OC. The van der Waals surface area contributed by atoms with Crippen molar-refractivity contribution < 1.29 is 19.1 Å². The zero-order valence-electron chi connectivity index (χ0n) is 17.8. The third-order valence-electron chi connectivity index (χ3n) is 5.19. The Morgan fingerprint density at radius 1 is 1.10 bits per heavy atom. The molecule has 0 aliphatic carbocycles. The van der Waals surface area contributed by atoms with Crippen LogP contribution >= 0.6 is 0 Å². The van der Waals surface area contributed by atoms with E-state index in [9.17, 15) is 9.59 Å². The van der Waals surface area contributed by atoms with Crippen LogP contribution in [0, 0.1) is 0 Å². The van der Waals surface area contributed by atoms with Crippen molar-refractivity contribution in [3.8, 4) is 11.5 Å². The molecule has 0 saturated carbocycles. The molecule has 1 aliphatic rings. The van der Waals surface area contributed by atoms with Crippen molar-refractivity contribution in [3.63, 3.8) is 0 Å². The van der Waals surface area contributed by atoms with Crippen molar-refractivity contribution in [2.75, 3.05) is 27.8 Å². The number of nitrogens with zero attached hydrogens (tertiary/aromatic N) is 3. The summed E-state index contributed by atoms with van der Waals surface area (Å²) in [4.78, 5) is 26.5. The lowest BCUT2D eigenvalue weighted by molar-refractivity contribution is -0.140. The first-order chi connectivity index (χ1) is 14.5. The lowest BCUT2D eigenvalue weighted by Crippen LogP contribution is -2.39. The quantitative estimate of drug-likeness (QED) is 0.704. The number of hydrogen-bond acceptors (Lipinski definition) is 5. The van der Waals surface area contributed by atoms with E-state index in [-0.39, 0.29) is 24.4 Å². The van der Waals surface area contributed by atoms with Gasteiger partial charge >= 0.3 is 0 Å². The van der Waals surface area contributed by atoms with Crippen LogP contribution in [0.1, 0.15) is 36.9 Å². The molecular formula is C23H27N3O4. The fraction of sp³-hybridized carbons (Fsp3) is 0.348. The van der Waals surface area contributed by atoms with E-state index in [4.69, 9.17) is 9.47 Å². The zero-order valence-corrected chi connectivity index (χ0v) is 17.8. The van der Waals surface area contributed by atoms with Crippen LogP contribution in [-0.4, -0.2) is 55.2 Å². The molecule has 158 valence electrons. The molecule has 0 N–H and O–H groups in total. The van der Waals surface area contributed by atoms with E-state index in [1.54, 1.807) is 28.2 Å². The van der Waals surface area contributed by atoms with Crippen LogP contribution in [0.5, 0.6) is 11.5 Å². The van der Waals surface area contributed by atoms with Gasteiger partial charge in [0.2, 0.25) is 5.91 Å². The van der Waals surface area contributed by atoms with Crippen molar-refractivity contribution in [1.82, 2.24) is 9.91 Å². The Labute approximate surface area is 176 Å². The van der Waals surface area contributed by atoms with Gasteiger partial charge in [0.15, 0.2) is 0 Å². The molecule has 30 heavy (non-hydrogen) atoms. The van der Waals surface area contributed by atoms with Gasteiger partial charge in [-0.1, -0.05) is 25.1 Å². The third-order valence-corrected chi connectivity index (χ3v) is 5.19. The number of carbonyl (C=O) groups is 2. The van der Waals surface area contributed by atoms with Crippen LogP contribution in [0.2, 0.25) is 0 Å². The molecule has 2 amide bonds. The number of benzene rings is 2. The summed E-state index contributed by atoms with van der Waals surface area (Å²) in [6, 6.07) is 14.9. The number of methoxy groups -OCH3 is 2. The van der Waals surface area contributed by atoms with Gasteiger partial charge in [-0.2, -0.15) is 5.10 Å². The third kappa shape index (κ3) is 4.45. The van der Waals surface area contributed by atoms with Crippen molar-refractivity contribution in [2.24, 2.45) is 5.10 Å². The van der Waals surface area contributed by atoms with Gasteiger partial charge in [0.1, 0.15) is 18.0 Å². The van der Waals surface area contributed by atoms with Crippen LogP contribution in [0.3, 0.4) is 0 Å². The summed E-state index contributed by atoms with van der Waals surface area (Å²) in [6.45, 7) is 1.74. The summed E-state index contributed by atoms with van der Waals surface area (Å²) in [6.07, 6.45) is 0.893. The zero-order chi connectivity index (χ0) is 21.7. The second kappa shape index (κ2) is 9.43. The van der Waals surface area contributed by atoms with E-state index in [0.29, 0.717) is 18.6 Å². The first kappa shape index (κ1) is 21.4. The van der Waals surface area contributed by atoms with Crippen LogP contribution < -0.4 is 9.47 Å². The molecule has 2 aromatic rings. The second-order valence-electron chi connectivity index (χ2n) is 7.08. The Morgan fingerprint density at radius 2 is 1.80 bits per heavy atom. The van der Waals surface area contributed by atoms with E-state index in [1.165, 1.54) is 9.91 Å². The van der Waals surface area contributed by atoms with Crippen molar-refractivity contribution in [2.45, 2.75) is 25.8 Å². The number of ether oxygens (including phenoxy) is 2. The molecule has 7 heteroatoms. The number of amides is 2. The van der Waals surface area contributed by atoms with Gasteiger partial charge in [-0.15, -0.1) is 0 Å². The Hall–Kier alpha value is -3.35. The molecule has 0 unspecified atom stereocenters. The van der Waals surface area contributed by atoms with Crippen LogP contribution in [-0.2, 0) is 9.59 Å². The molecule has 0 fully saturated rings. The summed E-state index contributed by atoms with van der Waals surface area (Å²) in [5.74, 6) is 1.13. The van der Waals surface area contributed by atoms with Crippen molar-refractivity contribution in [3.05, 3.63) is 59.7 Å². The minimum atomic E-state index is -0.309. The molecule has 0 spiro atoms. The van der Waals surface area contributed by atoms with E-state index in [2.05, 4.69) is 5.10 Å². The number of carbonyl (C=O) groups excluding carboxylic acids is 2. The Kier molecular flexibility index (Phi) is 6.72. The summed E-state index contributed by atoms with van der Waals surface area (Å²) in [5, 5.41) is 6.13. The molecule has 2 aromatic carbocycles. The van der Waals surface area contributed by atoms with Gasteiger partial charge in [0.05, 0.1) is 26.0 Å². The average molecular weight is 409 g/mol. The van der Waals surface area contributed by atoms with Crippen molar-refractivity contribution >= 4 is 17.5 Å². The molecule has 0 radical (unpaired) electrons. The van der Waals surface area contributed by atoms with Crippen molar-refractivity contribution in [1.29, 1.82) is 0 Å². The molecule has 0 bridgehead atoms. The fourth-order valence-corrected chi connectivity index (χ4v) is 3.52. The van der Waals surface area contributed by atoms with Gasteiger partial charge in [-0.05, 0) is 35.9 Å². The molecule has 1 atom stereocenters. The normalized spacial score (nSPS) is 15.5. The minimum absolute atomic E-state index is 0.0300. The van der Waals surface area contributed by atoms with E-state index in [0.717, 1.165) is 22.6 Å². The Balaban J connectivity index is 1.94. The number of rotatable bonds is 7. The highest BCUT2D eigenvalue weighted by Gasteiger charge is 2.35. The predicted octanol–water partition coefficient (Wildman–Crippen LogP) is 3.25. The summed E-state index contributed by atoms with van der Waals surface area (Å²) in [5.41, 5.74) is 2.60. The van der Waals surface area contributed by atoms with Gasteiger partial charge < -0.3 is 14.4 Å². The molecular weight excluding hydrogens is 382 g/mol. The van der Waals surface area contributed by atoms with Gasteiger partial charge in [-0.25, -0.2) is 5.01 Å². The number of likely N-dealkylation sites (N-methyl/N-ethyl adjacent to an activating group) is 1. The lowest BCUT2D eigenvalue weighted by Gasteiger charge is -2.25. The highest BCUT2D eigenvalue weighted by Crippen LogP contribution is 2.37. The van der Waals surface area contributed by atoms with Crippen LogP contribution in [0.15, 0.2) is 53.6 Å². The fourth-order valence-electron chi connectivity index (χ4n) is 3.52.